The second-order valence-electron chi connectivity index (χ2n) is 10.5. The fourth-order valence-corrected chi connectivity index (χ4v) is 5.05. The van der Waals surface area contributed by atoms with Crippen molar-refractivity contribution in [3.8, 4) is 5.75 Å². The van der Waals surface area contributed by atoms with E-state index in [2.05, 4.69) is 53.7 Å². The number of furan rings is 1. The van der Waals surface area contributed by atoms with E-state index in [1.54, 1.807) is 4.90 Å². The van der Waals surface area contributed by atoms with Crippen molar-refractivity contribution < 1.29 is 13.9 Å². The Balaban J connectivity index is 1.51. The van der Waals surface area contributed by atoms with Gasteiger partial charge in [0.1, 0.15) is 17.1 Å². The maximum absolute atomic E-state index is 13.0. The quantitative estimate of drug-likeness (QED) is 0.408. The molecule has 3 aromatic rings. The summed E-state index contributed by atoms with van der Waals surface area (Å²) in [6, 6.07) is 14.0. The molecule has 1 aliphatic heterocycles. The molecule has 0 fully saturated rings. The van der Waals surface area contributed by atoms with E-state index in [1.165, 1.54) is 33.4 Å². The van der Waals surface area contributed by atoms with Gasteiger partial charge in [-0.05, 0) is 98.9 Å². The molecule has 2 heterocycles. The molecule has 4 heteroatoms. The van der Waals surface area contributed by atoms with E-state index in [0.29, 0.717) is 18.7 Å². The van der Waals surface area contributed by atoms with Crippen molar-refractivity contribution in [1.29, 1.82) is 0 Å². The maximum Gasteiger partial charge on any atom is 0.289 e. The smallest absolute Gasteiger partial charge is 0.289 e. The molecule has 4 nitrogen and oxygen atoms in total. The third kappa shape index (κ3) is 4.77. The molecular formula is C30H37NO3. The highest BCUT2D eigenvalue weighted by molar-refractivity contribution is 5.91. The molecular weight excluding hydrogens is 422 g/mol. The summed E-state index contributed by atoms with van der Waals surface area (Å²) in [5.41, 5.74) is 7.43. The molecule has 0 aliphatic carbocycles. The van der Waals surface area contributed by atoms with Gasteiger partial charge in [-0.25, -0.2) is 0 Å². The topological polar surface area (TPSA) is 42.7 Å². The van der Waals surface area contributed by atoms with Crippen LogP contribution in [-0.4, -0.2) is 30.0 Å². The number of rotatable bonds is 6. The lowest BCUT2D eigenvalue weighted by atomic mass is 9.84. The summed E-state index contributed by atoms with van der Waals surface area (Å²) in [6.07, 6.45) is 2.71. The van der Waals surface area contributed by atoms with E-state index >= 15 is 0 Å². The minimum Gasteiger partial charge on any atom is -0.487 e. The van der Waals surface area contributed by atoms with E-state index in [4.69, 9.17) is 9.15 Å². The summed E-state index contributed by atoms with van der Waals surface area (Å²) in [6.45, 7) is 13.6. The van der Waals surface area contributed by atoms with Crippen molar-refractivity contribution in [1.82, 2.24) is 4.90 Å². The van der Waals surface area contributed by atoms with Crippen molar-refractivity contribution in [2.24, 2.45) is 0 Å². The van der Waals surface area contributed by atoms with Gasteiger partial charge in [-0.2, -0.15) is 0 Å². The van der Waals surface area contributed by atoms with Crippen molar-refractivity contribution >= 4 is 5.91 Å². The third-order valence-corrected chi connectivity index (χ3v) is 7.38. The van der Waals surface area contributed by atoms with Gasteiger partial charge in [0.05, 0.1) is 0 Å². The van der Waals surface area contributed by atoms with E-state index in [9.17, 15) is 4.79 Å². The molecule has 4 rings (SSSR count). The molecule has 1 amide bonds. The molecule has 1 atom stereocenters. The first-order valence-corrected chi connectivity index (χ1v) is 12.3. The van der Waals surface area contributed by atoms with Gasteiger partial charge in [0.25, 0.3) is 5.91 Å². The number of hydrogen-bond acceptors (Lipinski definition) is 3. The zero-order chi connectivity index (χ0) is 24.6. The first-order chi connectivity index (χ1) is 16.1. The van der Waals surface area contributed by atoms with E-state index in [-0.39, 0.29) is 17.4 Å². The summed E-state index contributed by atoms with van der Waals surface area (Å²) >= 11 is 0. The molecule has 180 valence electrons. The van der Waals surface area contributed by atoms with Crippen LogP contribution in [0.25, 0.3) is 0 Å². The molecule has 1 aromatic heterocycles. The van der Waals surface area contributed by atoms with Crippen LogP contribution in [0.4, 0.5) is 0 Å². The van der Waals surface area contributed by atoms with Gasteiger partial charge in [0, 0.05) is 20.0 Å². The Morgan fingerprint density at radius 1 is 1.03 bits per heavy atom. The normalized spacial score (nSPS) is 15.4. The number of amides is 1. The maximum atomic E-state index is 13.0. The van der Waals surface area contributed by atoms with Crippen LogP contribution in [0.2, 0.25) is 0 Å². The Labute approximate surface area is 203 Å². The van der Waals surface area contributed by atoms with Crippen LogP contribution in [0.15, 0.2) is 46.9 Å². The third-order valence-electron chi connectivity index (χ3n) is 7.38. The average Bonchev–Trinajstić information content (AvgIpc) is 3.28. The lowest BCUT2D eigenvalue weighted by molar-refractivity contribution is 0.0755. The number of hydrogen-bond donors (Lipinski definition) is 0. The number of nitrogens with zero attached hydrogens (tertiary/aromatic N) is 1. The number of fused-ring (bicyclic) bond motifs is 1. The van der Waals surface area contributed by atoms with Crippen LogP contribution in [0.1, 0.15) is 82.8 Å². The molecule has 2 aromatic carbocycles. The Morgan fingerprint density at radius 2 is 1.74 bits per heavy atom. The zero-order valence-electron chi connectivity index (χ0n) is 21.6. The van der Waals surface area contributed by atoms with Gasteiger partial charge in [-0.15, -0.1) is 0 Å². The van der Waals surface area contributed by atoms with Crippen molar-refractivity contribution in [3.63, 3.8) is 0 Å². The predicted molar refractivity (Wildman–Crippen MR) is 137 cm³/mol. The fraction of sp³-hybridized carbons (Fsp3) is 0.433. The number of carbonyl (C=O) groups is 1. The molecule has 0 radical (unpaired) electrons. The van der Waals surface area contributed by atoms with Gasteiger partial charge in [0.15, 0.2) is 5.76 Å². The highest BCUT2D eigenvalue weighted by atomic mass is 16.5. The minimum absolute atomic E-state index is 0.0836. The minimum atomic E-state index is -0.127. The van der Waals surface area contributed by atoms with Gasteiger partial charge in [-0.1, -0.05) is 37.3 Å². The van der Waals surface area contributed by atoms with Crippen LogP contribution in [0.3, 0.4) is 0 Å². The lowest BCUT2D eigenvalue weighted by Crippen LogP contribution is -2.33. The second-order valence-corrected chi connectivity index (χ2v) is 10.5. The van der Waals surface area contributed by atoms with Gasteiger partial charge < -0.3 is 14.1 Å². The monoisotopic (exact) mass is 459 g/mol. The van der Waals surface area contributed by atoms with Crippen LogP contribution >= 0.6 is 0 Å². The number of ether oxygens (including phenoxy) is 1. The van der Waals surface area contributed by atoms with Crippen LogP contribution < -0.4 is 4.74 Å². The largest absolute Gasteiger partial charge is 0.487 e. The Hall–Kier alpha value is -3.01. The van der Waals surface area contributed by atoms with Gasteiger partial charge in [-0.3, -0.25) is 4.79 Å². The standard InChI is InChI=1S/C30H37NO3/c1-19(23-11-9-8-10-12-23)18-31(7)29(32)27-14-13-24(33-27)17-26-20(2)21(3)28-25(22(26)4)15-16-30(5,6)34-28/h8-14,19H,15-18H2,1-7H3. The van der Waals surface area contributed by atoms with Crippen molar-refractivity contribution in [3.05, 3.63) is 87.4 Å². The molecule has 1 aliphatic rings. The Bertz CT molecular complexity index is 1190. The summed E-state index contributed by atoms with van der Waals surface area (Å²) in [7, 11) is 1.84. The first-order valence-electron chi connectivity index (χ1n) is 12.3. The highest BCUT2D eigenvalue weighted by Crippen LogP contribution is 2.41. The Kier molecular flexibility index (Phi) is 6.62. The highest BCUT2D eigenvalue weighted by Gasteiger charge is 2.31. The second kappa shape index (κ2) is 9.32. The molecule has 1 unspecified atom stereocenters. The summed E-state index contributed by atoms with van der Waals surface area (Å²) in [5, 5.41) is 0. The summed E-state index contributed by atoms with van der Waals surface area (Å²) in [4.78, 5) is 14.8. The van der Waals surface area contributed by atoms with Gasteiger partial charge in [0.2, 0.25) is 0 Å². The van der Waals surface area contributed by atoms with E-state index in [0.717, 1.165) is 24.4 Å². The predicted octanol–water partition coefficient (Wildman–Crippen LogP) is 6.77. The summed E-state index contributed by atoms with van der Waals surface area (Å²) in [5.74, 6) is 2.43. The van der Waals surface area contributed by atoms with Crippen molar-refractivity contribution in [2.45, 2.75) is 72.3 Å². The Morgan fingerprint density at radius 3 is 2.44 bits per heavy atom. The molecule has 0 spiro atoms. The number of likely N-dealkylation sites (N-methyl/N-ethyl adjacent to an activating group) is 1. The van der Waals surface area contributed by atoms with Crippen LogP contribution in [-0.2, 0) is 12.8 Å². The van der Waals surface area contributed by atoms with E-state index in [1.807, 2.05) is 37.4 Å². The van der Waals surface area contributed by atoms with Crippen LogP contribution in [0.5, 0.6) is 5.75 Å². The lowest BCUT2D eigenvalue weighted by Gasteiger charge is -2.35. The molecule has 0 bridgehead atoms. The fourth-order valence-electron chi connectivity index (χ4n) is 5.05. The van der Waals surface area contributed by atoms with E-state index < -0.39 is 0 Å². The van der Waals surface area contributed by atoms with Gasteiger partial charge >= 0.3 is 0 Å². The molecule has 0 N–H and O–H groups in total. The number of carbonyl (C=O) groups excluding carboxylic acids is 1. The first kappa shape index (κ1) is 24.1. The van der Waals surface area contributed by atoms with Crippen molar-refractivity contribution in [2.75, 3.05) is 13.6 Å². The average molecular weight is 460 g/mol. The van der Waals surface area contributed by atoms with Crippen LogP contribution in [0, 0.1) is 20.8 Å². The molecule has 0 saturated carbocycles. The SMILES string of the molecule is Cc1c(C)c2c(c(C)c1Cc1ccc(C(=O)N(C)CC(C)c3ccccc3)o1)CCC(C)(C)O2. The molecule has 34 heavy (non-hydrogen) atoms. The summed E-state index contributed by atoms with van der Waals surface area (Å²) < 4.78 is 12.4. The number of benzene rings is 2. The molecule has 0 saturated heterocycles. The zero-order valence-corrected chi connectivity index (χ0v) is 21.6.